The minimum Gasteiger partial charge on any atom is -0.389 e. The number of rotatable bonds is 5. The number of nitrogens with zero attached hydrogens (tertiary/aromatic N) is 1. The van der Waals surface area contributed by atoms with Gasteiger partial charge in [0, 0.05) is 20.7 Å². The molecule has 110 valence electrons. The molecule has 0 bridgehead atoms. The lowest BCUT2D eigenvalue weighted by Crippen LogP contribution is -2.51. The predicted octanol–water partition coefficient (Wildman–Crippen LogP) is -0.696. The Labute approximate surface area is 113 Å². The third kappa shape index (κ3) is 5.44. The van der Waals surface area contributed by atoms with E-state index in [1.165, 1.54) is 12.0 Å². The summed E-state index contributed by atoms with van der Waals surface area (Å²) in [7, 11) is 3.06. The van der Waals surface area contributed by atoms with Gasteiger partial charge in [-0.25, -0.2) is 4.79 Å². The first-order valence-electron chi connectivity index (χ1n) is 6.51. The topological polar surface area (TPSA) is 90.9 Å². The molecular weight excluding hydrogens is 250 g/mol. The Kier molecular flexibility index (Phi) is 6.58. The van der Waals surface area contributed by atoms with Crippen molar-refractivity contribution in [3.8, 4) is 0 Å². The third-order valence-electron chi connectivity index (χ3n) is 3.02. The molecule has 0 radical (unpaired) electrons. The van der Waals surface area contributed by atoms with E-state index >= 15 is 0 Å². The molecule has 1 rings (SSSR count). The van der Waals surface area contributed by atoms with E-state index < -0.39 is 12.1 Å². The van der Waals surface area contributed by atoms with E-state index in [-0.39, 0.29) is 25.1 Å². The highest BCUT2D eigenvalue weighted by atomic mass is 16.5. The molecule has 1 aliphatic rings. The zero-order valence-corrected chi connectivity index (χ0v) is 11.5. The van der Waals surface area contributed by atoms with Gasteiger partial charge in [-0.2, -0.15) is 0 Å². The van der Waals surface area contributed by atoms with Gasteiger partial charge < -0.3 is 25.4 Å². The second-order valence-corrected chi connectivity index (χ2v) is 4.78. The van der Waals surface area contributed by atoms with E-state index in [0.717, 1.165) is 12.8 Å². The minimum absolute atomic E-state index is 0.142. The Morgan fingerprint density at radius 1 is 1.63 bits per heavy atom. The third-order valence-corrected chi connectivity index (χ3v) is 3.02. The maximum absolute atomic E-state index is 11.9. The van der Waals surface area contributed by atoms with Gasteiger partial charge in [-0.05, 0) is 19.3 Å². The van der Waals surface area contributed by atoms with Gasteiger partial charge >= 0.3 is 6.03 Å². The molecule has 0 unspecified atom stereocenters. The Bertz CT molecular complexity index is 311. The van der Waals surface area contributed by atoms with Crippen LogP contribution in [0.4, 0.5) is 4.79 Å². The number of urea groups is 1. The average molecular weight is 273 g/mol. The number of likely N-dealkylation sites (N-methyl/N-ethyl adjacent to an activating group) is 1. The number of aliphatic hydroxyl groups is 1. The summed E-state index contributed by atoms with van der Waals surface area (Å²) in [4.78, 5) is 24.9. The van der Waals surface area contributed by atoms with Crippen LogP contribution in [0.1, 0.15) is 19.3 Å². The number of hydrogen-bond acceptors (Lipinski definition) is 4. The Morgan fingerprint density at radius 3 is 3.05 bits per heavy atom. The van der Waals surface area contributed by atoms with Gasteiger partial charge in [-0.1, -0.05) is 0 Å². The second-order valence-electron chi connectivity index (χ2n) is 4.78. The van der Waals surface area contributed by atoms with Crippen molar-refractivity contribution in [2.75, 3.05) is 33.9 Å². The summed E-state index contributed by atoms with van der Waals surface area (Å²) < 4.78 is 4.80. The predicted molar refractivity (Wildman–Crippen MR) is 69.7 cm³/mol. The summed E-state index contributed by atoms with van der Waals surface area (Å²) in [5.41, 5.74) is 0. The van der Waals surface area contributed by atoms with E-state index in [4.69, 9.17) is 4.74 Å². The molecule has 0 aliphatic carbocycles. The molecule has 7 heteroatoms. The summed E-state index contributed by atoms with van der Waals surface area (Å²) in [6.45, 7) is 0.989. The second kappa shape index (κ2) is 7.96. The standard InChI is InChI=1S/C12H23N3O4/c1-15(7-9(16)8-19-2)12(18)14-10-5-3-4-6-13-11(10)17/h9-10,16H,3-8H2,1-2H3,(H,13,17)(H,14,18)/t9-,10-/m0/s1. The molecule has 0 spiro atoms. The molecule has 1 fully saturated rings. The van der Waals surface area contributed by atoms with E-state index in [0.29, 0.717) is 13.0 Å². The highest BCUT2D eigenvalue weighted by Gasteiger charge is 2.24. The normalized spacial score (nSPS) is 21.2. The van der Waals surface area contributed by atoms with Crippen molar-refractivity contribution >= 4 is 11.9 Å². The van der Waals surface area contributed by atoms with Crippen molar-refractivity contribution < 1.29 is 19.4 Å². The van der Waals surface area contributed by atoms with Gasteiger partial charge in [0.1, 0.15) is 6.04 Å². The lowest BCUT2D eigenvalue weighted by atomic mass is 10.1. The van der Waals surface area contributed by atoms with Crippen molar-refractivity contribution in [1.82, 2.24) is 15.5 Å². The van der Waals surface area contributed by atoms with E-state index in [2.05, 4.69) is 10.6 Å². The quantitative estimate of drug-likeness (QED) is 0.618. The Balaban J connectivity index is 2.41. The lowest BCUT2D eigenvalue weighted by molar-refractivity contribution is -0.122. The van der Waals surface area contributed by atoms with Crippen LogP contribution in [0.5, 0.6) is 0 Å². The molecule has 3 amide bonds. The summed E-state index contributed by atoms with van der Waals surface area (Å²) in [5.74, 6) is -0.142. The number of aliphatic hydroxyl groups excluding tert-OH is 1. The number of carbonyl (C=O) groups is 2. The highest BCUT2D eigenvalue weighted by molar-refractivity contribution is 5.87. The fourth-order valence-corrected chi connectivity index (χ4v) is 1.98. The van der Waals surface area contributed by atoms with Crippen LogP contribution in [0.2, 0.25) is 0 Å². The molecule has 3 N–H and O–H groups in total. The van der Waals surface area contributed by atoms with Crippen LogP contribution < -0.4 is 10.6 Å². The fraction of sp³-hybridized carbons (Fsp3) is 0.833. The molecule has 0 aromatic heterocycles. The number of nitrogens with one attached hydrogen (secondary N) is 2. The highest BCUT2D eigenvalue weighted by Crippen LogP contribution is 2.05. The molecule has 7 nitrogen and oxygen atoms in total. The maximum Gasteiger partial charge on any atom is 0.317 e. The molecule has 19 heavy (non-hydrogen) atoms. The first-order chi connectivity index (χ1) is 9.04. The smallest absolute Gasteiger partial charge is 0.317 e. The van der Waals surface area contributed by atoms with Crippen LogP contribution in [-0.4, -0.2) is 67.9 Å². The van der Waals surface area contributed by atoms with Gasteiger partial charge in [0.05, 0.1) is 19.3 Å². The van der Waals surface area contributed by atoms with Gasteiger partial charge in [0.25, 0.3) is 0 Å². The van der Waals surface area contributed by atoms with Crippen molar-refractivity contribution in [3.05, 3.63) is 0 Å². The number of hydrogen-bond donors (Lipinski definition) is 3. The first kappa shape index (κ1) is 15.7. The summed E-state index contributed by atoms with van der Waals surface area (Å²) >= 11 is 0. The van der Waals surface area contributed by atoms with Crippen LogP contribution in [-0.2, 0) is 9.53 Å². The monoisotopic (exact) mass is 273 g/mol. The van der Waals surface area contributed by atoms with E-state index in [1.54, 1.807) is 7.05 Å². The summed E-state index contributed by atoms with van der Waals surface area (Å²) in [6, 6.07) is -0.853. The van der Waals surface area contributed by atoms with E-state index in [1.807, 2.05) is 0 Å². The number of methoxy groups -OCH3 is 1. The fourth-order valence-electron chi connectivity index (χ4n) is 1.98. The number of amides is 3. The molecule has 0 aromatic rings. The average Bonchev–Trinajstić information content (AvgIpc) is 2.55. The molecule has 0 aromatic carbocycles. The van der Waals surface area contributed by atoms with Crippen molar-refractivity contribution in [1.29, 1.82) is 0 Å². The zero-order chi connectivity index (χ0) is 14.3. The van der Waals surface area contributed by atoms with Crippen LogP contribution in [0.3, 0.4) is 0 Å². The Hall–Kier alpha value is -1.34. The molecule has 1 aliphatic heterocycles. The molecule has 1 saturated heterocycles. The molecular formula is C12H23N3O4. The summed E-state index contributed by atoms with van der Waals surface area (Å²) in [6.07, 6.45) is 1.75. The summed E-state index contributed by atoms with van der Waals surface area (Å²) in [5, 5.41) is 15.0. The molecule has 1 heterocycles. The van der Waals surface area contributed by atoms with Crippen molar-refractivity contribution in [2.45, 2.75) is 31.4 Å². The van der Waals surface area contributed by atoms with Crippen LogP contribution in [0.15, 0.2) is 0 Å². The maximum atomic E-state index is 11.9. The van der Waals surface area contributed by atoms with Crippen molar-refractivity contribution in [2.24, 2.45) is 0 Å². The van der Waals surface area contributed by atoms with E-state index in [9.17, 15) is 14.7 Å². The SMILES string of the molecule is COC[C@@H](O)CN(C)C(=O)N[C@H]1CCCCNC1=O. The first-order valence-corrected chi connectivity index (χ1v) is 6.51. The van der Waals surface area contributed by atoms with Gasteiger partial charge in [0.2, 0.25) is 5.91 Å². The van der Waals surface area contributed by atoms with Crippen LogP contribution in [0.25, 0.3) is 0 Å². The van der Waals surface area contributed by atoms with Crippen LogP contribution >= 0.6 is 0 Å². The van der Waals surface area contributed by atoms with Crippen LogP contribution in [0, 0.1) is 0 Å². The van der Waals surface area contributed by atoms with Crippen molar-refractivity contribution in [3.63, 3.8) is 0 Å². The van der Waals surface area contributed by atoms with Gasteiger partial charge in [-0.15, -0.1) is 0 Å². The number of ether oxygens (including phenoxy) is 1. The van der Waals surface area contributed by atoms with Gasteiger partial charge in [-0.3, -0.25) is 4.79 Å². The van der Waals surface area contributed by atoms with Gasteiger partial charge in [0.15, 0.2) is 0 Å². The minimum atomic E-state index is -0.733. The zero-order valence-electron chi connectivity index (χ0n) is 11.5. The number of carbonyl (C=O) groups excluding carboxylic acids is 2. The Morgan fingerprint density at radius 2 is 2.37 bits per heavy atom. The molecule has 0 saturated carbocycles. The largest absolute Gasteiger partial charge is 0.389 e. The molecule has 2 atom stereocenters. The lowest BCUT2D eigenvalue weighted by Gasteiger charge is -2.23.